The van der Waals surface area contributed by atoms with Crippen molar-refractivity contribution in [1.29, 1.82) is 0 Å². The SMILES string of the molecule is CNc1nc(C(C)CN)cs1. The van der Waals surface area contributed by atoms with Gasteiger partial charge in [-0.3, -0.25) is 0 Å². The summed E-state index contributed by atoms with van der Waals surface area (Å²) in [6, 6.07) is 0. The molecule has 11 heavy (non-hydrogen) atoms. The Kier molecular flexibility index (Phi) is 2.84. The number of anilines is 1. The molecule has 4 heteroatoms. The van der Waals surface area contributed by atoms with Crippen LogP contribution in [-0.4, -0.2) is 18.6 Å². The molecular weight excluding hydrogens is 158 g/mol. The molecule has 0 spiro atoms. The van der Waals surface area contributed by atoms with Crippen LogP contribution in [0.2, 0.25) is 0 Å². The van der Waals surface area contributed by atoms with Gasteiger partial charge in [-0.2, -0.15) is 0 Å². The van der Waals surface area contributed by atoms with E-state index in [1.165, 1.54) is 0 Å². The van der Waals surface area contributed by atoms with Crippen LogP contribution in [0.15, 0.2) is 5.38 Å². The molecule has 1 aromatic rings. The molecule has 0 aliphatic carbocycles. The van der Waals surface area contributed by atoms with Gasteiger partial charge in [0, 0.05) is 24.9 Å². The largest absolute Gasteiger partial charge is 0.365 e. The summed E-state index contributed by atoms with van der Waals surface area (Å²) in [5.74, 6) is 0.369. The lowest BCUT2D eigenvalue weighted by molar-refractivity contribution is 0.752. The summed E-state index contributed by atoms with van der Waals surface area (Å²) >= 11 is 1.62. The molecule has 0 aromatic carbocycles. The monoisotopic (exact) mass is 171 g/mol. The van der Waals surface area contributed by atoms with E-state index in [1.807, 2.05) is 12.4 Å². The molecule has 0 radical (unpaired) electrons. The summed E-state index contributed by atoms with van der Waals surface area (Å²) < 4.78 is 0. The van der Waals surface area contributed by atoms with Crippen LogP contribution in [0.25, 0.3) is 0 Å². The Morgan fingerprint density at radius 2 is 2.55 bits per heavy atom. The van der Waals surface area contributed by atoms with Gasteiger partial charge in [0.05, 0.1) is 5.69 Å². The molecule has 0 aliphatic rings. The number of hydrogen-bond acceptors (Lipinski definition) is 4. The molecule has 0 amide bonds. The maximum Gasteiger partial charge on any atom is 0.182 e. The minimum atomic E-state index is 0.369. The Bertz CT molecular complexity index is 221. The molecule has 0 saturated heterocycles. The number of rotatable bonds is 3. The fourth-order valence-electron chi connectivity index (χ4n) is 0.748. The summed E-state index contributed by atoms with van der Waals surface area (Å²) in [4.78, 5) is 4.33. The van der Waals surface area contributed by atoms with E-state index in [9.17, 15) is 0 Å². The molecule has 1 aromatic heterocycles. The van der Waals surface area contributed by atoms with Gasteiger partial charge < -0.3 is 11.1 Å². The standard InChI is InChI=1S/C7H13N3S/c1-5(3-8)6-4-11-7(9-2)10-6/h4-5H,3,8H2,1-2H3,(H,9,10). The summed E-state index contributed by atoms with van der Waals surface area (Å²) in [5, 5.41) is 6.00. The number of thiazole rings is 1. The maximum atomic E-state index is 5.50. The number of nitrogens with one attached hydrogen (secondary N) is 1. The van der Waals surface area contributed by atoms with Gasteiger partial charge in [0.2, 0.25) is 0 Å². The average Bonchev–Trinajstić information content (AvgIpc) is 2.50. The Hall–Kier alpha value is -0.610. The summed E-state index contributed by atoms with van der Waals surface area (Å²) in [6.07, 6.45) is 0. The van der Waals surface area contributed by atoms with Crippen LogP contribution in [0.4, 0.5) is 5.13 Å². The second kappa shape index (κ2) is 3.69. The van der Waals surface area contributed by atoms with E-state index >= 15 is 0 Å². The van der Waals surface area contributed by atoms with E-state index in [4.69, 9.17) is 5.73 Å². The quantitative estimate of drug-likeness (QED) is 0.719. The van der Waals surface area contributed by atoms with E-state index in [-0.39, 0.29) is 0 Å². The molecule has 1 atom stereocenters. The number of aromatic nitrogens is 1. The van der Waals surface area contributed by atoms with Crippen LogP contribution in [0.1, 0.15) is 18.5 Å². The van der Waals surface area contributed by atoms with Crippen molar-refractivity contribution in [2.24, 2.45) is 5.73 Å². The molecule has 0 bridgehead atoms. The van der Waals surface area contributed by atoms with Crippen molar-refractivity contribution in [1.82, 2.24) is 4.98 Å². The van der Waals surface area contributed by atoms with Crippen molar-refractivity contribution in [2.45, 2.75) is 12.8 Å². The highest BCUT2D eigenvalue weighted by Crippen LogP contribution is 2.20. The molecule has 1 unspecified atom stereocenters. The van der Waals surface area contributed by atoms with E-state index in [0.29, 0.717) is 12.5 Å². The lowest BCUT2D eigenvalue weighted by atomic mass is 10.1. The summed E-state index contributed by atoms with van der Waals surface area (Å²) in [5.41, 5.74) is 6.58. The lowest BCUT2D eigenvalue weighted by Gasteiger charge is -2.01. The van der Waals surface area contributed by atoms with E-state index < -0.39 is 0 Å². The van der Waals surface area contributed by atoms with Crippen molar-refractivity contribution in [2.75, 3.05) is 18.9 Å². The predicted octanol–water partition coefficient (Wildman–Crippen LogP) is 1.25. The molecule has 3 nitrogen and oxygen atoms in total. The van der Waals surface area contributed by atoms with Crippen LogP contribution in [-0.2, 0) is 0 Å². The third-order valence-corrected chi connectivity index (χ3v) is 2.47. The maximum absolute atomic E-state index is 5.50. The van der Waals surface area contributed by atoms with Gasteiger partial charge in [-0.15, -0.1) is 11.3 Å². The summed E-state index contributed by atoms with van der Waals surface area (Å²) in [7, 11) is 1.87. The summed E-state index contributed by atoms with van der Waals surface area (Å²) in [6.45, 7) is 2.74. The van der Waals surface area contributed by atoms with Crippen LogP contribution in [0, 0.1) is 0 Å². The Morgan fingerprint density at radius 1 is 1.82 bits per heavy atom. The third kappa shape index (κ3) is 1.91. The molecule has 1 rings (SSSR count). The van der Waals surface area contributed by atoms with Crippen LogP contribution < -0.4 is 11.1 Å². The number of hydrogen-bond donors (Lipinski definition) is 2. The highest BCUT2D eigenvalue weighted by atomic mass is 32.1. The first-order valence-corrected chi connectivity index (χ1v) is 4.49. The van der Waals surface area contributed by atoms with Gasteiger partial charge in [-0.05, 0) is 0 Å². The molecule has 3 N–H and O–H groups in total. The predicted molar refractivity (Wildman–Crippen MR) is 49.1 cm³/mol. The Balaban J connectivity index is 2.71. The van der Waals surface area contributed by atoms with Crippen LogP contribution >= 0.6 is 11.3 Å². The first-order valence-electron chi connectivity index (χ1n) is 3.61. The molecule has 1 heterocycles. The van der Waals surface area contributed by atoms with Crippen LogP contribution in [0.5, 0.6) is 0 Å². The zero-order valence-corrected chi connectivity index (χ0v) is 7.61. The molecule has 0 saturated carbocycles. The first kappa shape index (κ1) is 8.49. The topological polar surface area (TPSA) is 50.9 Å². The number of nitrogens with two attached hydrogens (primary N) is 1. The van der Waals surface area contributed by atoms with Gasteiger partial charge in [-0.1, -0.05) is 6.92 Å². The van der Waals surface area contributed by atoms with Crippen LogP contribution in [0.3, 0.4) is 0 Å². The van der Waals surface area contributed by atoms with Gasteiger partial charge in [0.25, 0.3) is 0 Å². The van der Waals surface area contributed by atoms with E-state index in [1.54, 1.807) is 11.3 Å². The fraction of sp³-hybridized carbons (Fsp3) is 0.571. The lowest BCUT2D eigenvalue weighted by Crippen LogP contribution is -2.09. The van der Waals surface area contributed by atoms with E-state index in [2.05, 4.69) is 17.2 Å². The minimum Gasteiger partial charge on any atom is -0.365 e. The normalized spacial score (nSPS) is 13.0. The minimum absolute atomic E-state index is 0.369. The van der Waals surface area contributed by atoms with Gasteiger partial charge in [0.1, 0.15) is 0 Å². The third-order valence-electron chi connectivity index (χ3n) is 1.59. The smallest absolute Gasteiger partial charge is 0.182 e. The molecule has 0 aliphatic heterocycles. The fourth-order valence-corrected chi connectivity index (χ4v) is 1.54. The van der Waals surface area contributed by atoms with Crippen molar-refractivity contribution in [3.8, 4) is 0 Å². The Morgan fingerprint density at radius 3 is 3.00 bits per heavy atom. The van der Waals surface area contributed by atoms with Crippen molar-refractivity contribution in [3.05, 3.63) is 11.1 Å². The average molecular weight is 171 g/mol. The van der Waals surface area contributed by atoms with Gasteiger partial charge in [0.15, 0.2) is 5.13 Å². The Labute approximate surface area is 70.6 Å². The molecule has 62 valence electrons. The zero-order chi connectivity index (χ0) is 8.27. The highest BCUT2D eigenvalue weighted by molar-refractivity contribution is 7.13. The molecular formula is C7H13N3S. The highest BCUT2D eigenvalue weighted by Gasteiger charge is 2.06. The van der Waals surface area contributed by atoms with Crippen molar-refractivity contribution in [3.63, 3.8) is 0 Å². The second-order valence-electron chi connectivity index (χ2n) is 2.46. The molecule has 0 fully saturated rings. The number of nitrogens with zero attached hydrogens (tertiary/aromatic N) is 1. The first-order chi connectivity index (χ1) is 5.27. The zero-order valence-electron chi connectivity index (χ0n) is 6.79. The van der Waals surface area contributed by atoms with Crippen molar-refractivity contribution < 1.29 is 0 Å². The van der Waals surface area contributed by atoms with Gasteiger partial charge >= 0.3 is 0 Å². The van der Waals surface area contributed by atoms with E-state index in [0.717, 1.165) is 10.8 Å². The van der Waals surface area contributed by atoms with Crippen molar-refractivity contribution >= 4 is 16.5 Å². The second-order valence-corrected chi connectivity index (χ2v) is 3.32. The van der Waals surface area contributed by atoms with Gasteiger partial charge in [-0.25, -0.2) is 4.98 Å².